The van der Waals surface area contributed by atoms with E-state index in [4.69, 9.17) is 18.0 Å². The molecule has 15 heavy (non-hydrogen) atoms. The molecule has 0 bridgehead atoms. The van der Waals surface area contributed by atoms with Crippen molar-refractivity contribution in [3.8, 4) is 0 Å². The number of anilines is 1. The van der Waals surface area contributed by atoms with Gasteiger partial charge in [-0.05, 0) is 18.1 Å². The quantitative estimate of drug-likeness (QED) is 0.752. The third kappa shape index (κ3) is 3.51. The molecule has 3 N–H and O–H groups in total. The van der Waals surface area contributed by atoms with Gasteiger partial charge >= 0.3 is 0 Å². The van der Waals surface area contributed by atoms with Crippen molar-refractivity contribution in [2.45, 2.75) is 20.3 Å². The summed E-state index contributed by atoms with van der Waals surface area (Å²) < 4.78 is 0. The Balaban J connectivity index is 2.72. The predicted octanol–water partition coefficient (Wildman–Crippen LogP) is 2.78. The molecule has 0 heterocycles. The van der Waals surface area contributed by atoms with E-state index in [0.717, 1.165) is 17.8 Å². The van der Waals surface area contributed by atoms with Crippen LogP contribution >= 0.6 is 12.2 Å². The molecule has 0 saturated carbocycles. The Morgan fingerprint density at radius 3 is 2.73 bits per heavy atom. The van der Waals surface area contributed by atoms with Crippen LogP contribution in [-0.4, -0.2) is 11.5 Å². The zero-order chi connectivity index (χ0) is 11.3. The van der Waals surface area contributed by atoms with Crippen LogP contribution < -0.4 is 11.1 Å². The van der Waals surface area contributed by atoms with Crippen LogP contribution in [0, 0.1) is 5.92 Å². The first-order valence-corrected chi connectivity index (χ1v) is 5.68. The standard InChI is InChI=1S/C12H18N2S/c1-3-9(2)8-14-11-7-5-4-6-10(11)12(13)15/h4-7,9,14H,3,8H2,1-2H3,(H2,13,15). The summed E-state index contributed by atoms with van der Waals surface area (Å²) in [7, 11) is 0. The predicted molar refractivity (Wildman–Crippen MR) is 70.3 cm³/mol. The van der Waals surface area contributed by atoms with Gasteiger partial charge in [0.1, 0.15) is 4.99 Å². The third-order valence-electron chi connectivity index (χ3n) is 2.53. The molecule has 2 nitrogen and oxygen atoms in total. The van der Waals surface area contributed by atoms with Crippen LogP contribution in [0.5, 0.6) is 0 Å². The fourth-order valence-electron chi connectivity index (χ4n) is 1.28. The van der Waals surface area contributed by atoms with Crippen molar-refractivity contribution in [3.63, 3.8) is 0 Å². The molecule has 0 aromatic heterocycles. The summed E-state index contributed by atoms with van der Waals surface area (Å²) >= 11 is 5.00. The molecule has 1 aromatic rings. The van der Waals surface area contributed by atoms with Crippen molar-refractivity contribution >= 4 is 22.9 Å². The average Bonchev–Trinajstić information content (AvgIpc) is 2.26. The van der Waals surface area contributed by atoms with E-state index in [1.54, 1.807) is 0 Å². The number of nitrogens with two attached hydrogens (primary N) is 1. The van der Waals surface area contributed by atoms with Gasteiger partial charge in [-0.2, -0.15) is 0 Å². The molecule has 1 atom stereocenters. The van der Waals surface area contributed by atoms with Gasteiger partial charge < -0.3 is 11.1 Å². The summed E-state index contributed by atoms with van der Waals surface area (Å²) in [5, 5.41) is 3.38. The number of para-hydroxylation sites is 1. The molecule has 1 rings (SSSR count). The maximum Gasteiger partial charge on any atom is 0.106 e. The second kappa shape index (κ2) is 5.71. The summed E-state index contributed by atoms with van der Waals surface area (Å²) in [5.74, 6) is 0.657. The largest absolute Gasteiger partial charge is 0.389 e. The number of thiocarbonyl (C=S) groups is 1. The Bertz CT molecular complexity index is 336. The molecule has 1 unspecified atom stereocenters. The Morgan fingerprint density at radius 2 is 2.13 bits per heavy atom. The highest BCUT2D eigenvalue weighted by Gasteiger charge is 2.04. The smallest absolute Gasteiger partial charge is 0.106 e. The van der Waals surface area contributed by atoms with Crippen LogP contribution in [0.4, 0.5) is 5.69 Å². The van der Waals surface area contributed by atoms with Gasteiger partial charge in [0.15, 0.2) is 0 Å². The maximum atomic E-state index is 5.64. The molecule has 0 saturated heterocycles. The van der Waals surface area contributed by atoms with Crippen LogP contribution in [0.15, 0.2) is 24.3 Å². The van der Waals surface area contributed by atoms with Crippen molar-refractivity contribution in [3.05, 3.63) is 29.8 Å². The van der Waals surface area contributed by atoms with E-state index in [9.17, 15) is 0 Å². The van der Waals surface area contributed by atoms with Gasteiger partial charge in [-0.15, -0.1) is 0 Å². The molecule has 0 amide bonds. The highest BCUT2D eigenvalue weighted by Crippen LogP contribution is 2.15. The first kappa shape index (κ1) is 12.0. The van der Waals surface area contributed by atoms with E-state index in [1.165, 1.54) is 6.42 Å². The minimum absolute atomic E-state index is 0.447. The van der Waals surface area contributed by atoms with E-state index in [2.05, 4.69) is 19.2 Å². The Hall–Kier alpha value is -1.09. The SMILES string of the molecule is CCC(C)CNc1ccccc1C(N)=S. The molecule has 0 aliphatic rings. The summed E-state index contributed by atoms with van der Waals surface area (Å²) in [5.41, 5.74) is 7.60. The number of benzene rings is 1. The van der Waals surface area contributed by atoms with Crippen molar-refractivity contribution in [1.29, 1.82) is 0 Å². The highest BCUT2D eigenvalue weighted by atomic mass is 32.1. The molecule has 0 aliphatic carbocycles. The Morgan fingerprint density at radius 1 is 1.47 bits per heavy atom. The van der Waals surface area contributed by atoms with Crippen molar-refractivity contribution in [1.82, 2.24) is 0 Å². The molecular weight excluding hydrogens is 204 g/mol. The van der Waals surface area contributed by atoms with Crippen molar-refractivity contribution in [2.75, 3.05) is 11.9 Å². The number of hydrogen-bond donors (Lipinski definition) is 2. The van der Waals surface area contributed by atoms with Crippen molar-refractivity contribution in [2.24, 2.45) is 11.7 Å². The van der Waals surface area contributed by atoms with Crippen LogP contribution in [0.2, 0.25) is 0 Å². The molecule has 1 aromatic carbocycles. The van der Waals surface area contributed by atoms with E-state index >= 15 is 0 Å². The fraction of sp³-hybridized carbons (Fsp3) is 0.417. The summed E-state index contributed by atoms with van der Waals surface area (Å²) in [4.78, 5) is 0.447. The van der Waals surface area contributed by atoms with E-state index < -0.39 is 0 Å². The van der Waals surface area contributed by atoms with Crippen LogP contribution in [0.3, 0.4) is 0 Å². The van der Waals surface area contributed by atoms with Crippen molar-refractivity contribution < 1.29 is 0 Å². The van der Waals surface area contributed by atoms with Gasteiger partial charge in [-0.1, -0.05) is 44.6 Å². The Kier molecular flexibility index (Phi) is 4.56. The highest BCUT2D eigenvalue weighted by molar-refractivity contribution is 7.80. The molecule has 0 spiro atoms. The number of hydrogen-bond acceptors (Lipinski definition) is 2. The zero-order valence-electron chi connectivity index (χ0n) is 9.29. The molecule has 0 radical (unpaired) electrons. The van der Waals surface area contributed by atoms with Crippen LogP contribution in [0.25, 0.3) is 0 Å². The molecule has 82 valence electrons. The van der Waals surface area contributed by atoms with Crippen LogP contribution in [0.1, 0.15) is 25.8 Å². The lowest BCUT2D eigenvalue weighted by molar-refractivity contribution is 0.593. The normalized spacial score (nSPS) is 12.1. The van der Waals surface area contributed by atoms with Gasteiger partial charge in [0.25, 0.3) is 0 Å². The molecule has 0 fully saturated rings. The van der Waals surface area contributed by atoms with E-state index in [1.807, 2.05) is 24.3 Å². The minimum atomic E-state index is 0.447. The molecule has 3 heteroatoms. The second-order valence-corrected chi connectivity index (χ2v) is 4.24. The van der Waals surface area contributed by atoms with Gasteiger partial charge in [0, 0.05) is 17.8 Å². The summed E-state index contributed by atoms with van der Waals surface area (Å²) in [6.07, 6.45) is 1.17. The minimum Gasteiger partial charge on any atom is -0.389 e. The zero-order valence-corrected chi connectivity index (χ0v) is 10.1. The average molecular weight is 222 g/mol. The summed E-state index contributed by atoms with van der Waals surface area (Å²) in [6, 6.07) is 7.89. The third-order valence-corrected chi connectivity index (χ3v) is 2.75. The topological polar surface area (TPSA) is 38.0 Å². The lowest BCUT2D eigenvalue weighted by Crippen LogP contribution is -2.16. The van der Waals surface area contributed by atoms with Gasteiger partial charge in [-0.25, -0.2) is 0 Å². The lowest BCUT2D eigenvalue weighted by atomic mass is 10.1. The van der Waals surface area contributed by atoms with E-state index in [-0.39, 0.29) is 0 Å². The summed E-state index contributed by atoms with van der Waals surface area (Å²) in [6.45, 7) is 5.36. The van der Waals surface area contributed by atoms with Gasteiger partial charge in [0.05, 0.1) is 0 Å². The maximum absolute atomic E-state index is 5.64. The van der Waals surface area contributed by atoms with Crippen LogP contribution in [-0.2, 0) is 0 Å². The first-order chi connectivity index (χ1) is 7.15. The Labute approximate surface area is 96.9 Å². The number of rotatable bonds is 5. The monoisotopic (exact) mass is 222 g/mol. The second-order valence-electron chi connectivity index (χ2n) is 3.80. The number of nitrogens with one attached hydrogen (secondary N) is 1. The molecular formula is C12H18N2S. The lowest BCUT2D eigenvalue weighted by Gasteiger charge is -2.14. The van der Waals surface area contributed by atoms with Gasteiger partial charge in [-0.3, -0.25) is 0 Å². The van der Waals surface area contributed by atoms with E-state index in [0.29, 0.717) is 10.9 Å². The first-order valence-electron chi connectivity index (χ1n) is 5.27. The fourth-order valence-corrected chi connectivity index (χ4v) is 1.46. The van der Waals surface area contributed by atoms with Gasteiger partial charge in [0.2, 0.25) is 0 Å². The molecule has 0 aliphatic heterocycles.